The highest BCUT2D eigenvalue weighted by molar-refractivity contribution is 5.83. The van der Waals surface area contributed by atoms with Gasteiger partial charge in [0, 0.05) is 17.1 Å². The van der Waals surface area contributed by atoms with Crippen LogP contribution in [0.1, 0.15) is 65.4 Å². The van der Waals surface area contributed by atoms with Gasteiger partial charge in [-0.05, 0) is 77.8 Å². The van der Waals surface area contributed by atoms with E-state index in [4.69, 9.17) is 0 Å². The Balaban J connectivity index is 1.76. The Hall–Kier alpha value is -1.80. The summed E-state index contributed by atoms with van der Waals surface area (Å²) in [4.78, 5) is 3.39. The summed E-state index contributed by atoms with van der Waals surface area (Å²) in [6, 6.07) is 8.55. The first kappa shape index (κ1) is 18.0. The average molecular weight is 338 g/mol. The Labute approximate surface area is 151 Å². The highest BCUT2D eigenvalue weighted by Gasteiger charge is 2.19. The van der Waals surface area contributed by atoms with Crippen LogP contribution in [0.25, 0.3) is 10.9 Å². The topological polar surface area (TPSA) is 36.0 Å². The van der Waals surface area contributed by atoms with Crippen LogP contribution in [0.4, 0.5) is 0 Å². The highest BCUT2D eigenvalue weighted by Crippen LogP contribution is 2.35. The Kier molecular flexibility index (Phi) is 5.19. The predicted molar refractivity (Wildman–Crippen MR) is 107 cm³/mol. The van der Waals surface area contributed by atoms with Gasteiger partial charge in [-0.2, -0.15) is 0 Å². The molecule has 3 rings (SSSR count). The molecule has 0 aliphatic heterocycles. The summed E-state index contributed by atoms with van der Waals surface area (Å²) in [7, 11) is 0. The summed E-state index contributed by atoms with van der Waals surface area (Å²) >= 11 is 0. The molecule has 25 heavy (non-hydrogen) atoms. The molecule has 0 bridgehead atoms. The number of aliphatic hydroxyl groups is 1. The average Bonchev–Trinajstić information content (AvgIpc) is 2.97. The molecule has 0 fully saturated rings. The number of aromatic amines is 1. The van der Waals surface area contributed by atoms with Crippen molar-refractivity contribution < 1.29 is 5.11 Å². The van der Waals surface area contributed by atoms with E-state index in [9.17, 15) is 5.11 Å². The molecule has 2 aromatic rings. The van der Waals surface area contributed by atoms with Crippen molar-refractivity contribution in [3.8, 4) is 0 Å². The third-order valence-corrected chi connectivity index (χ3v) is 5.60. The molecule has 1 aliphatic carbocycles. The van der Waals surface area contributed by atoms with E-state index in [2.05, 4.69) is 49.3 Å². The second-order valence-electron chi connectivity index (χ2n) is 8.29. The van der Waals surface area contributed by atoms with Crippen molar-refractivity contribution in [2.24, 2.45) is 0 Å². The molecule has 0 amide bonds. The predicted octanol–water partition coefficient (Wildman–Crippen LogP) is 6.08. The van der Waals surface area contributed by atoms with Crippen molar-refractivity contribution in [1.82, 2.24) is 4.98 Å². The van der Waals surface area contributed by atoms with Gasteiger partial charge in [-0.1, -0.05) is 40.5 Å². The van der Waals surface area contributed by atoms with Gasteiger partial charge in [0.25, 0.3) is 0 Å². The van der Waals surface area contributed by atoms with Gasteiger partial charge >= 0.3 is 0 Å². The zero-order valence-electron chi connectivity index (χ0n) is 16.1. The van der Waals surface area contributed by atoms with Gasteiger partial charge in [-0.25, -0.2) is 0 Å². The first-order valence-electron chi connectivity index (χ1n) is 9.46. The van der Waals surface area contributed by atoms with Gasteiger partial charge < -0.3 is 10.1 Å². The summed E-state index contributed by atoms with van der Waals surface area (Å²) in [5, 5.41) is 11.5. The number of fused-ring (bicyclic) bond motifs is 1. The van der Waals surface area contributed by atoms with Crippen molar-refractivity contribution in [2.45, 2.75) is 71.8 Å². The molecule has 2 nitrogen and oxygen atoms in total. The third-order valence-electron chi connectivity index (χ3n) is 5.60. The molecule has 0 atom stereocenters. The van der Waals surface area contributed by atoms with Crippen molar-refractivity contribution in [2.75, 3.05) is 0 Å². The van der Waals surface area contributed by atoms with Gasteiger partial charge in [0.1, 0.15) is 0 Å². The van der Waals surface area contributed by atoms with E-state index >= 15 is 0 Å². The quantitative estimate of drug-likeness (QED) is 0.616. The fraction of sp³-hybridized carbons (Fsp3) is 0.478. The number of aromatic nitrogens is 1. The van der Waals surface area contributed by atoms with Crippen LogP contribution in [0, 0.1) is 0 Å². The third kappa shape index (κ3) is 4.43. The van der Waals surface area contributed by atoms with E-state index < -0.39 is 5.60 Å². The molecule has 0 saturated heterocycles. The lowest BCUT2D eigenvalue weighted by molar-refractivity contribution is 0.0711. The van der Waals surface area contributed by atoms with Crippen LogP contribution in [-0.4, -0.2) is 15.7 Å². The number of rotatable bonds is 6. The molecule has 1 aromatic carbocycles. The molecule has 0 unspecified atom stereocenters. The molecule has 2 N–H and O–H groups in total. The first-order chi connectivity index (χ1) is 11.8. The van der Waals surface area contributed by atoms with Crippen LogP contribution in [0.15, 0.2) is 52.8 Å². The summed E-state index contributed by atoms with van der Waals surface area (Å²) < 4.78 is 0. The van der Waals surface area contributed by atoms with E-state index in [1.807, 2.05) is 13.8 Å². The van der Waals surface area contributed by atoms with E-state index in [0.717, 1.165) is 38.5 Å². The fourth-order valence-corrected chi connectivity index (χ4v) is 3.80. The van der Waals surface area contributed by atoms with Gasteiger partial charge in [-0.3, -0.25) is 0 Å². The maximum absolute atomic E-state index is 10.1. The lowest BCUT2D eigenvalue weighted by Crippen LogP contribution is -2.19. The van der Waals surface area contributed by atoms with Gasteiger partial charge in [0.15, 0.2) is 0 Å². The molecular weight excluding hydrogens is 306 g/mol. The first-order valence-corrected chi connectivity index (χ1v) is 9.46. The molecular formula is C23H31NO. The zero-order valence-corrected chi connectivity index (χ0v) is 16.1. The Bertz CT molecular complexity index is 814. The molecule has 1 aliphatic rings. The number of hydrogen-bond acceptors (Lipinski definition) is 1. The number of allylic oxidation sites excluding steroid dienone is 4. The highest BCUT2D eigenvalue weighted by atomic mass is 16.3. The molecule has 0 saturated carbocycles. The van der Waals surface area contributed by atoms with E-state index in [-0.39, 0.29) is 0 Å². The van der Waals surface area contributed by atoms with Crippen LogP contribution in [0.5, 0.6) is 0 Å². The molecule has 1 aromatic heterocycles. The fourth-order valence-electron chi connectivity index (χ4n) is 3.80. The molecule has 1 heterocycles. The minimum absolute atomic E-state index is 0.584. The summed E-state index contributed by atoms with van der Waals surface area (Å²) in [5.74, 6) is 0. The Morgan fingerprint density at radius 2 is 1.60 bits per heavy atom. The number of nitrogens with one attached hydrogen (secondary N) is 1. The zero-order chi connectivity index (χ0) is 18.0. The smallest absolute Gasteiger partial charge is 0.0594 e. The van der Waals surface area contributed by atoms with Gasteiger partial charge in [-0.15, -0.1) is 0 Å². The summed E-state index contributed by atoms with van der Waals surface area (Å²) in [5.41, 5.74) is 8.25. The van der Waals surface area contributed by atoms with Crippen LogP contribution in [-0.2, 0) is 6.42 Å². The van der Waals surface area contributed by atoms with E-state index in [1.165, 1.54) is 27.6 Å². The largest absolute Gasteiger partial charge is 0.390 e. The van der Waals surface area contributed by atoms with Crippen LogP contribution < -0.4 is 0 Å². The van der Waals surface area contributed by atoms with Crippen molar-refractivity contribution >= 4 is 10.9 Å². The maximum atomic E-state index is 10.1. The summed E-state index contributed by atoms with van der Waals surface area (Å²) in [6.07, 6.45) is 8.41. The minimum Gasteiger partial charge on any atom is -0.390 e. The van der Waals surface area contributed by atoms with E-state index in [1.54, 1.807) is 11.1 Å². The molecule has 2 heteroatoms. The number of hydrogen-bond donors (Lipinski definition) is 2. The van der Waals surface area contributed by atoms with E-state index in [0.29, 0.717) is 0 Å². The number of benzene rings is 1. The van der Waals surface area contributed by atoms with Gasteiger partial charge in [0.05, 0.1) is 5.60 Å². The second kappa shape index (κ2) is 7.21. The molecule has 0 radical (unpaired) electrons. The normalized spacial score (nSPS) is 16.2. The SMILES string of the molecule is CC1=C(C)CC(CCC(C)(C)O)=C(CCc2c[nH]c3ccccc23)C1. The van der Waals surface area contributed by atoms with Crippen LogP contribution >= 0.6 is 0 Å². The minimum atomic E-state index is -0.584. The van der Waals surface area contributed by atoms with Crippen molar-refractivity contribution in [3.63, 3.8) is 0 Å². The van der Waals surface area contributed by atoms with Crippen molar-refractivity contribution in [1.29, 1.82) is 0 Å². The van der Waals surface area contributed by atoms with Crippen LogP contribution in [0.2, 0.25) is 0 Å². The molecule has 0 spiro atoms. The van der Waals surface area contributed by atoms with Gasteiger partial charge in [0.2, 0.25) is 0 Å². The molecule has 134 valence electrons. The number of para-hydroxylation sites is 1. The Morgan fingerprint density at radius 1 is 0.960 bits per heavy atom. The number of aryl methyl sites for hydroxylation is 1. The number of H-pyrrole nitrogens is 1. The standard InChI is InChI=1S/C23H31NO/c1-16-13-18(19(14-17(16)2)11-12-23(3,4)25)9-10-20-15-24-22-8-6-5-7-21(20)22/h5-8,15,24-25H,9-14H2,1-4H3. The monoisotopic (exact) mass is 337 g/mol. The van der Waals surface area contributed by atoms with Crippen molar-refractivity contribution in [3.05, 3.63) is 58.3 Å². The lowest BCUT2D eigenvalue weighted by atomic mass is 9.82. The van der Waals surface area contributed by atoms with Crippen LogP contribution in [0.3, 0.4) is 0 Å². The second-order valence-corrected chi connectivity index (χ2v) is 8.29. The summed E-state index contributed by atoms with van der Waals surface area (Å²) in [6.45, 7) is 8.36. The lowest BCUT2D eigenvalue weighted by Gasteiger charge is -2.25. The maximum Gasteiger partial charge on any atom is 0.0594 e. The Morgan fingerprint density at radius 3 is 2.28 bits per heavy atom.